The predicted molar refractivity (Wildman–Crippen MR) is 52.3 cm³/mol. The van der Waals surface area contributed by atoms with Crippen LogP contribution < -0.4 is 11.1 Å². The fourth-order valence-electron chi connectivity index (χ4n) is 0.977. The number of hydrogen-bond acceptors (Lipinski definition) is 4. The fraction of sp³-hybridized carbons (Fsp3) is 0.875. The number of nitrogens with two attached hydrogens (primary N) is 1. The van der Waals surface area contributed by atoms with Crippen LogP contribution in [0.25, 0.3) is 0 Å². The minimum absolute atomic E-state index is 0.0102. The molecule has 0 rings (SSSR count). The van der Waals surface area contributed by atoms with Crippen molar-refractivity contribution in [1.29, 1.82) is 0 Å². The average molecular weight is 225 g/mol. The molecule has 15 heavy (non-hydrogen) atoms. The summed E-state index contributed by atoms with van der Waals surface area (Å²) in [6.45, 7) is 1.96. The minimum atomic E-state index is -2.43. The van der Waals surface area contributed by atoms with Crippen LogP contribution >= 0.6 is 0 Å². The maximum absolute atomic E-state index is 11.6. The van der Waals surface area contributed by atoms with E-state index in [1.54, 1.807) is 0 Å². The van der Waals surface area contributed by atoms with Crippen LogP contribution in [0.5, 0.6) is 0 Å². The Morgan fingerprint density at radius 1 is 1.60 bits per heavy atom. The van der Waals surface area contributed by atoms with Gasteiger partial charge in [-0.2, -0.15) is 0 Å². The Kier molecular flexibility index (Phi) is 7.84. The van der Waals surface area contributed by atoms with E-state index < -0.39 is 13.0 Å². The van der Waals surface area contributed by atoms with E-state index in [2.05, 4.69) is 15.2 Å². The van der Waals surface area contributed by atoms with Gasteiger partial charge in [-0.15, -0.1) is 0 Å². The summed E-state index contributed by atoms with van der Waals surface area (Å²) in [6.07, 6.45) is -2.04. The van der Waals surface area contributed by atoms with Crippen LogP contribution in [-0.4, -0.2) is 43.3 Å². The van der Waals surface area contributed by atoms with Crippen molar-refractivity contribution in [3.05, 3.63) is 0 Å². The van der Waals surface area contributed by atoms with Gasteiger partial charge in [0.15, 0.2) is 0 Å². The largest absolute Gasteiger partial charge is 0.409 e. The molecule has 0 amide bonds. The van der Waals surface area contributed by atoms with Crippen molar-refractivity contribution >= 4 is 5.84 Å². The maximum atomic E-state index is 11.6. The van der Waals surface area contributed by atoms with Crippen LogP contribution in [0, 0.1) is 0 Å². The average Bonchev–Trinajstić information content (AvgIpc) is 2.16. The summed E-state index contributed by atoms with van der Waals surface area (Å²) in [7, 11) is 0. The Balaban J connectivity index is 3.35. The molecule has 0 aliphatic rings. The van der Waals surface area contributed by atoms with E-state index in [1.165, 1.54) is 0 Å². The molecular formula is C8H17F2N3O2. The van der Waals surface area contributed by atoms with Gasteiger partial charge in [-0.05, 0) is 6.92 Å². The van der Waals surface area contributed by atoms with E-state index in [-0.39, 0.29) is 18.5 Å². The molecule has 0 saturated heterocycles. The van der Waals surface area contributed by atoms with Crippen molar-refractivity contribution in [3.63, 3.8) is 0 Å². The van der Waals surface area contributed by atoms with Gasteiger partial charge >= 0.3 is 0 Å². The highest BCUT2D eigenvalue weighted by molar-refractivity contribution is 5.80. The quantitative estimate of drug-likeness (QED) is 0.183. The molecule has 5 nitrogen and oxygen atoms in total. The van der Waals surface area contributed by atoms with Crippen molar-refractivity contribution in [2.45, 2.75) is 25.8 Å². The van der Waals surface area contributed by atoms with E-state index in [0.29, 0.717) is 13.0 Å². The smallest absolute Gasteiger partial charge is 0.261 e. The first-order chi connectivity index (χ1) is 7.06. The van der Waals surface area contributed by atoms with Gasteiger partial charge in [0.1, 0.15) is 12.4 Å². The normalized spacial score (nSPS) is 14.5. The van der Waals surface area contributed by atoms with Crippen molar-refractivity contribution < 1.29 is 18.7 Å². The van der Waals surface area contributed by atoms with Crippen LogP contribution in [-0.2, 0) is 4.74 Å². The third kappa shape index (κ3) is 9.36. The van der Waals surface area contributed by atoms with E-state index in [0.717, 1.165) is 0 Å². The number of amidine groups is 1. The van der Waals surface area contributed by atoms with Gasteiger partial charge in [-0.25, -0.2) is 8.78 Å². The number of hydrogen-bond donors (Lipinski definition) is 3. The van der Waals surface area contributed by atoms with Crippen molar-refractivity contribution in [3.8, 4) is 0 Å². The first-order valence-electron chi connectivity index (χ1n) is 4.62. The molecule has 1 atom stereocenters. The molecule has 0 aliphatic carbocycles. The summed E-state index contributed by atoms with van der Waals surface area (Å²) in [5, 5.41) is 14.1. The Morgan fingerprint density at radius 3 is 2.80 bits per heavy atom. The molecule has 0 radical (unpaired) electrons. The summed E-state index contributed by atoms with van der Waals surface area (Å²) in [5.74, 6) is 0.128. The molecule has 4 N–H and O–H groups in total. The Morgan fingerprint density at radius 2 is 2.27 bits per heavy atom. The number of ether oxygens (including phenoxy) is 1. The molecular weight excluding hydrogens is 208 g/mol. The summed E-state index contributed by atoms with van der Waals surface area (Å²) in [6, 6.07) is 0.0102. The SMILES string of the molecule is CC(CC(N)=NO)NCCOCC(F)F. The lowest BCUT2D eigenvalue weighted by molar-refractivity contribution is 0.0183. The second-order valence-corrected chi connectivity index (χ2v) is 3.12. The molecule has 0 saturated carbocycles. The zero-order chi connectivity index (χ0) is 11.7. The molecule has 90 valence electrons. The molecule has 1 unspecified atom stereocenters. The molecule has 0 fully saturated rings. The zero-order valence-corrected chi connectivity index (χ0v) is 8.62. The van der Waals surface area contributed by atoms with E-state index in [4.69, 9.17) is 10.9 Å². The molecule has 0 aromatic heterocycles. The molecule has 0 spiro atoms. The second-order valence-electron chi connectivity index (χ2n) is 3.12. The molecule has 0 heterocycles. The Bertz CT molecular complexity index is 191. The predicted octanol–water partition coefficient (Wildman–Crippen LogP) is 0.383. The van der Waals surface area contributed by atoms with Gasteiger partial charge in [0.25, 0.3) is 6.43 Å². The van der Waals surface area contributed by atoms with Gasteiger partial charge in [-0.1, -0.05) is 5.16 Å². The van der Waals surface area contributed by atoms with E-state index in [9.17, 15) is 8.78 Å². The van der Waals surface area contributed by atoms with E-state index >= 15 is 0 Å². The second kappa shape index (κ2) is 8.37. The summed E-state index contributed by atoms with van der Waals surface area (Å²) < 4.78 is 27.9. The highest BCUT2D eigenvalue weighted by atomic mass is 19.3. The van der Waals surface area contributed by atoms with Gasteiger partial charge in [0, 0.05) is 19.0 Å². The fourth-order valence-corrected chi connectivity index (χ4v) is 0.977. The van der Waals surface area contributed by atoms with Crippen molar-refractivity contribution in [1.82, 2.24) is 5.32 Å². The van der Waals surface area contributed by atoms with Crippen LogP contribution in [0.15, 0.2) is 5.16 Å². The van der Waals surface area contributed by atoms with Crippen molar-refractivity contribution in [2.75, 3.05) is 19.8 Å². The van der Waals surface area contributed by atoms with Gasteiger partial charge in [0.2, 0.25) is 0 Å². The molecule has 0 aromatic carbocycles. The molecule has 0 bridgehead atoms. The first-order valence-corrected chi connectivity index (χ1v) is 4.62. The minimum Gasteiger partial charge on any atom is -0.409 e. The molecule has 7 heteroatoms. The number of alkyl halides is 2. The monoisotopic (exact) mass is 225 g/mol. The first kappa shape index (κ1) is 14.1. The highest BCUT2D eigenvalue weighted by Crippen LogP contribution is 1.92. The lowest BCUT2D eigenvalue weighted by Gasteiger charge is -2.12. The Labute approximate surface area is 87.3 Å². The van der Waals surface area contributed by atoms with Gasteiger partial charge in [-0.3, -0.25) is 0 Å². The van der Waals surface area contributed by atoms with Gasteiger partial charge in [0.05, 0.1) is 6.61 Å². The van der Waals surface area contributed by atoms with Gasteiger partial charge < -0.3 is 21.0 Å². The van der Waals surface area contributed by atoms with E-state index in [1.807, 2.05) is 6.92 Å². The number of rotatable bonds is 8. The lowest BCUT2D eigenvalue weighted by atomic mass is 10.2. The van der Waals surface area contributed by atoms with Crippen molar-refractivity contribution in [2.24, 2.45) is 10.9 Å². The molecule has 0 aliphatic heterocycles. The summed E-state index contributed by atoms with van der Waals surface area (Å²) in [4.78, 5) is 0. The Hall–Kier alpha value is -0.950. The maximum Gasteiger partial charge on any atom is 0.261 e. The van der Waals surface area contributed by atoms with Crippen LogP contribution in [0.1, 0.15) is 13.3 Å². The summed E-state index contributed by atoms with van der Waals surface area (Å²) in [5.41, 5.74) is 5.27. The summed E-state index contributed by atoms with van der Waals surface area (Å²) >= 11 is 0. The van der Waals surface area contributed by atoms with Crippen LogP contribution in [0.3, 0.4) is 0 Å². The zero-order valence-electron chi connectivity index (χ0n) is 8.62. The lowest BCUT2D eigenvalue weighted by Crippen LogP contribution is -2.33. The number of nitrogens with one attached hydrogen (secondary N) is 1. The van der Waals surface area contributed by atoms with Crippen LogP contribution in [0.4, 0.5) is 8.78 Å². The highest BCUT2D eigenvalue weighted by Gasteiger charge is 2.05. The number of halogens is 2. The van der Waals surface area contributed by atoms with Crippen LogP contribution in [0.2, 0.25) is 0 Å². The third-order valence-corrected chi connectivity index (χ3v) is 1.63. The number of oxime groups is 1. The topological polar surface area (TPSA) is 79.9 Å². The standard InChI is InChI=1S/C8H17F2N3O2/c1-6(4-8(11)13-14)12-2-3-15-5-7(9)10/h6-7,12,14H,2-5H2,1H3,(H2,11,13). The third-order valence-electron chi connectivity index (χ3n) is 1.63. The number of nitrogens with zero attached hydrogens (tertiary/aromatic N) is 1. The molecule has 0 aromatic rings.